The Balaban J connectivity index is 1.14. The highest BCUT2D eigenvalue weighted by atomic mass is 31.2. The van der Waals surface area contributed by atoms with Crippen molar-refractivity contribution in [1.29, 1.82) is 0 Å². The maximum Gasteiger partial charge on any atom is 0.326 e. The van der Waals surface area contributed by atoms with Gasteiger partial charge >= 0.3 is 8.38 Å². The second kappa shape index (κ2) is 17.5. The van der Waals surface area contributed by atoms with Gasteiger partial charge < -0.3 is 18.5 Å². The fraction of sp³-hybridized carbons (Fsp3) is 0.296. The van der Waals surface area contributed by atoms with Gasteiger partial charge in [0.25, 0.3) is 0 Å². The van der Waals surface area contributed by atoms with Crippen LogP contribution >= 0.6 is 8.38 Å². The first kappa shape index (κ1) is 39.2. The summed E-state index contributed by atoms with van der Waals surface area (Å²) in [5, 5.41) is 5.55. The van der Waals surface area contributed by atoms with Crippen LogP contribution in [0.15, 0.2) is 152 Å². The average molecular weight is 799 g/mol. The van der Waals surface area contributed by atoms with E-state index in [-0.39, 0.29) is 6.10 Å². The van der Waals surface area contributed by atoms with Crippen molar-refractivity contribution in [3.63, 3.8) is 0 Å². The molecule has 2 aliphatic rings. The van der Waals surface area contributed by atoms with Gasteiger partial charge in [0, 0.05) is 23.0 Å². The van der Waals surface area contributed by atoms with Gasteiger partial charge in [-0.05, 0) is 86.8 Å². The molecule has 7 aromatic rings. The fourth-order valence-electron chi connectivity index (χ4n) is 9.38. The summed E-state index contributed by atoms with van der Waals surface area (Å²) in [5.41, 5.74) is 4.49. The lowest BCUT2D eigenvalue weighted by atomic mass is 9.85. The van der Waals surface area contributed by atoms with Gasteiger partial charge in [-0.15, -0.1) is 0 Å². The molecular formula is C54H55O4P. The van der Waals surface area contributed by atoms with Crippen molar-refractivity contribution in [3.8, 4) is 34.1 Å². The van der Waals surface area contributed by atoms with E-state index < -0.39 is 8.38 Å². The largest absolute Gasteiger partial charge is 0.493 e. The molecule has 2 aliphatic carbocycles. The van der Waals surface area contributed by atoms with Crippen molar-refractivity contribution >= 4 is 35.2 Å². The third-order valence-electron chi connectivity index (χ3n) is 12.5. The zero-order valence-electron chi connectivity index (χ0n) is 34.7. The van der Waals surface area contributed by atoms with E-state index in [2.05, 4.69) is 167 Å². The van der Waals surface area contributed by atoms with Crippen LogP contribution in [0.3, 0.4) is 0 Å². The first-order chi connectivity index (χ1) is 28.9. The molecule has 59 heavy (non-hydrogen) atoms. The molecule has 0 N–H and O–H groups in total. The Kier molecular flexibility index (Phi) is 11.6. The Morgan fingerprint density at radius 3 is 1.69 bits per heavy atom. The van der Waals surface area contributed by atoms with Gasteiger partial charge in [0.2, 0.25) is 0 Å². The van der Waals surface area contributed by atoms with Crippen LogP contribution in [0.4, 0.5) is 0 Å². The van der Waals surface area contributed by atoms with Gasteiger partial charge in [0.05, 0.1) is 11.9 Å². The summed E-state index contributed by atoms with van der Waals surface area (Å²) in [6.45, 7) is 9.54. The lowest BCUT2D eigenvalue weighted by molar-refractivity contribution is 0.229. The van der Waals surface area contributed by atoms with E-state index in [4.69, 9.17) is 18.5 Å². The predicted octanol–water partition coefficient (Wildman–Crippen LogP) is 14.7. The Morgan fingerprint density at radius 2 is 1.03 bits per heavy atom. The van der Waals surface area contributed by atoms with E-state index >= 15 is 0 Å². The molecular weight excluding hydrogens is 744 g/mol. The Morgan fingerprint density at radius 1 is 0.508 bits per heavy atom. The van der Waals surface area contributed by atoms with Crippen molar-refractivity contribution in [2.45, 2.75) is 77.7 Å². The van der Waals surface area contributed by atoms with Gasteiger partial charge in [-0.25, -0.2) is 0 Å². The highest BCUT2D eigenvalue weighted by Crippen LogP contribution is 2.55. The highest BCUT2D eigenvalue weighted by Gasteiger charge is 2.56. The minimum absolute atomic E-state index is 0.0564. The summed E-state index contributed by atoms with van der Waals surface area (Å²) < 4.78 is 28.4. The molecule has 2 fully saturated rings. The molecule has 0 aromatic heterocycles. The monoisotopic (exact) mass is 798 g/mol. The summed E-state index contributed by atoms with van der Waals surface area (Å²) >= 11 is 0. The van der Waals surface area contributed by atoms with Gasteiger partial charge in [0.15, 0.2) is 0 Å². The lowest BCUT2D eigenvalue weighted by Crippen LogP contribution is -2.13. The minimum Gasteiger partial charge on any atom is -0.493 e. The second-order valence-electron chi connectivity index (χ2n) is 17.0. The maximum atomic E-state index is 7.43. The van der Waals surface area contributed by atoms with Crippen LogP contribution in [0, 0.1) is 17.8 Å². The zero-order chi connectivity index (χ0) is 40.3. The molecule has 7 aromatic carbocycles. The van der Waals surface area contributed by atoms with Crippen LogP contribution in [0.1, 0.15) is 82.8 Å². The molecule has 0 bridgehead atoms. The second-order valence-corrected chi connectivity index (χ2v) is 18.4. The Bertz CT molecular complexity index is 2520. The molecule has 0 radical (unpaired) electrons. The molecule has 2 saturated carbocycles. The van der Waals surface area contributed by atoms with Gasteiger partial charge in [-0.1, -0.05) is 175 Å². The molecule has 5 heteroatoms. The van der Waals surface area contributed by atoms with E-state index in [1.165, 1.54) is 37.7 Å². The molecule has 4 atom stereocenters. The molecule has 0 spiro atoms. The van der Waals surface area contributed by atoms with Crippen molar-refractivity contribution in [1.82, 2.24) is 0 Å². The number of hydrogen-bond donors (Lipinski definition) is 0. The van der Waals surface area contributed by atoms with Crippen LogP contribution in [0.5, 0.6) is 23.0 Å². The van der Waals surface area contributed by atoms with Crippen LogP contribution in [0.2, 0.25) is 0 Å². The quantitative estimate of drug-likeness (QED) is 0.103. The summed E-state index contributed by atoms with van der Waals surface area (Å²) in [6, 6.07) is 53.3. The van der Waals surface area contributed by atoms with Gasteiger partial charge in [0.1, 0.15) is 29.1 Å². The first-order valence-corrected chi connectivity index (χ1v) is 22.8. The third-order valence-corrected chi connectivity index (χ3v) is 13.9. The molecule has 4 unspecified atom stereocenters. The van der Waals surface area contributed by atoms with Crippen molar-refractivity contribution < 1.29 is 18.5 Å². The van der Waals surface area contributed by atoms with Crippen LogP contribution in [-0.2, 0) is 0 Å². The molecule has 9 rings (SSSR count). The SMILES string of the molecule is CC(C)c1ccccc1OCC1C(Oc2ccc3ccccc3c2-c2c(OP(Oc3ccccc3C(C)C)c3ccccc3)ccc3ccccc23)C1C1CCCCC1. The lowest BCUT2D eigenvalue weighted by Gasteiger charge is -2.25. The van der Waals surface area contributed by atoms with E-state index in [9.17, 15) is 0 Å². The third kappa shape index (κ3) is 8.30. The fourth-order valence-corrected chi connectivity index (χ4v) is 10.7. The summed E-state index contributed by atoms with van der Waals surface area (Å²) in [5.74, 6) is 5.58. The van der Waals surface area contributed by atoms with Crippen LogP contribution in [0.25, 0.3) is 32.7 Å². The van der Waals surface area contributed by atoms with Crippen molar-refractivity contribution in [2.75, 3.05) is 6.61 Å². The molecule has 0 heterocycles. The number of rotatable bonds is 14. The van der Waals surface area contributed by atoms with Crippen LogP contribution < -0.4 is 23.8 Å². The normalized spacial score (nSPS) is 18.6. The van der Waals surface area contributed by atoms with Crippen molar-refractivity contribution in [3.05, 3.63) is 163 Å². The number of ether oxygens (including phenoxy) is 2. The van der Waals surface area contributed by atoms with E-state index in [0.717, 1.165) is 66.5 Å². The summed E-state index contributed by atoms with van der Waals surface area (Å²) in [7, 11) is -1.58. The van der Waals surface area contributed by atoms with Gasteiger partial charge in [-0.2, -0.15) is 0 Å². The number of hydrogen-bond acceptors (Lipinski definition) is 4. The van der Waals surface area contributed by atoms with Crippen molar-refractivity contribution in [2.24, 2.45) is 17.8 Å². The number of benzene rings is 7. The number of fused-ring (bicyclic) bond motifs is 2. The molecule has 4 nitrogen and oxygen atoms in total. The zero-order valence-corrected chi connectivity index (χ0v) is 35.6. The molecule has 300 valence electrons. The predicted molar refractivity (Wildman–Crippen MR) is 246 cm³/mol. The Hall–Kier alpha value is -5.31. The van der Waals surface area contributed by atoms with Gasteiger partial charge in [-0.3, -0.25) is 0 Å². The van der Waals surface area contributed by atoms with Crippen LogP contribution in [-0.4, -0.2) is 12.7 Å². The van der Waals surface area contributed by atoms with E-state index in [1.54, 1.807) is 0 Å². The minimum atomic E-state index is -1.58. The average Bonchev–Trinajstić information content (AvgIpc) is 3.97. The van der Waals surface area contributed by atoms with E-state index in [1.807, 2.05) is 12.1 Å². The maximum absolute atomic E-state index is 7.43. The summed E-state index contributed by atoms with van der Waals surface area (Å²) in [4.78, 5) is 0. The van der Waals surface area contributed by atoms with E-state index in [0.29, 0.717) is 36.2 Å². The first-order valence-electron chi connectivity index (χ1n) is 21.7. The molecule has 0 saturated heterocycles. The molecule has 0 amide bonds. The summed E-state index contributed by atoms with van der Waals surface area (Å²) in [6.07, 6.45) is 6.50. The number of para-hydroxylation sites is 2. The molecule has 0 aliphatic heterocycles. The standard InChI is InChI=1S/C54H55O4P/c1-36(2)42-25-15-17-29-47(42)55-35-46-51(40-21-7-5-8-22-40)54(46)56-49-33-31-38-19-11-13-27-44(38)52(49)53-45-28-14-12-20-39(45)32-34-50(53)58-59(41-23-9-6-10-24-41)57-48-30-18-16-26-43(48)37(3)4/h6,9-20,23-34,36-37,40,46,51,54H,5,7-8,21-22,35H2,1-4H3. The smallest absolute Gasteiger partial charge is 0.326 e. The Labute approximate surface area is 351 Å². The topological polar surface area (TPSA) is 36.9 Å². The highest BCUT2D eigenvalue weighted by molar-refractivity contribution is 7.56.